The first-order chi connectivity index (χ1) is 6.56. The molecule has 0 saturated heterocycles. The van der Waals surface area contributed by atoms with Crippen LogP contribution in [0.1, 0.15) is 19.8 Å². The zero-order chi connectivity index (χ0) is 11.0. The van der Waals surface area contributed by atoms with Crippen LogP contribution in [0.3, 0.4) is 0 Å². The lowest BCUT2D eigenvalue weighted by molar-refractivity contribution is -0.140. The minimum absolute atomic E-state index is 0.161. The summed E-state index contributed by atoms with van der Waals surface area (Å²) in [5.74, 6) is -1.37. The van der Waals surface area contributed by atoms with Crippen molar-refractivity contribution in [1.82, 2.24) is 0 Å². The largest absolute Gasteiger partial charge is 0.481 e. The zero-order valence-electron chi connectivity index (χ0n) is 8.19. The van der Waals surface area contributed by atoms with Crippen molar-refractivity contribution in [2.24, 2.45) is 0 Å². The minimum atomic E-state index is -1.08. The van der Waals surface area contributed by atoms with E-state index in [1.807, 2.05) is 6.92 Å². The second-order valence-electron chi connectivity index (χ2n) is 2.86. The van der Waals surface area contributed by atoms with Crippen molar-refractivity contribution in [2.75, 3.05) is 0 Å². The number of carboxylic acids is 1. The fourth-order valence-electron chi connectivity index (χ4n) is 0.859. The number of carbonyl (C=O) groups excluding carboxylic acids is 1. The fourth-order valence-corrected chi connectivity index (χ4v) is 0.859. The third-order valence-corrected chi connectivity index (χ3v) is 1.46. The summed E-state index contributed by atoms with van der Waals surface area (Å²) >= 11 is 0. The predicted molar refractivity (Wildman–Crippen MR) is 55.0 cm³/mol. The van der Waals surface area contributed by atoms with Crippen molar-refractivity contribution < 1.29 is 14.7 Å². The number of hydrogen-bond acceptors (Lipinski definition) is 2. The van der Waals surface area contributed by atoms with E-state index in [1.54, 1.807) is 24.3 Å². The van der Waals surface area contributed by atoms with Gasteiger partial charge in [0.15, 0.2) is 0 Å². The molecule has 0 atom stereocenters. The van der Waals surface area contributed by atoms with E-state index in [0.717, 1.165) is 5.57 Å². The lowest BCUT2D eigenvalue weighted by Gasteiger charge is -1.91. The molecule has 0 fully saturated rings. The minimum Gasteiger partial charge on any atom is -0.481 e. The number of rotatable bonds is 6. The van der Waals surface area contributed by atoms with Gasteiger partial charge in [-0.15, -0.1) is 0 Å². The van der Waals surface area contributed by atoms with Crippen molar-refractivity contribution in [1.29, 1.82) is 0 Å². The summed E-state index contributed by atoms with van der Waals surface area (Å²) in [4.78, 5) is 21.1. The first kappa shape index (κ1) is 12.4. The number of allylic oxidation sites excluding steroid dienone is 5. The monoisotopic (exact) mass is 194 g/mol. The molecule has 0 aromatic carbocycles. The summed E-state index contributed by atoms with van der Waals surface area (Å²) in [6.07, 6.45) is 6.63. The Balaban J connectivity index is 3.93. The second-order valence-corrected chi connectivity index (χ2v) is 2.86. The van der Waals surface area contributed by atoms with Gasteiger partial charge in [0.25, 0.3) is 0 Å². The van der Waals surface area contributed by atoms with Crippen LogP contribution in [-0.4, -0.2) is 16.9 Å². The molecule has 3 nitrogen and oxygen atoms in total. The van der Waals surface area contributed by atoms with E-state index >= 15 is 0 Å². The van der Waals surface area contributed by atoms with Gasteiger partial charge in [-0.1, -0.05) is 36.5 Å². The SMILES string of the molecule is C=C/C=C(C)\C=C/CC(=O)CC(=O)O. The lowest BCUT2D eigenvalue weighted by Crippen LogP contribution is -2.04. The highest BCUT2D eigenvalue weighted by molar-refractivity contribution is 5.95. The highest BCUT2D eigenvalue weighted by Crippen LogP contribution is 1.98. The van der Waals surface area contributed by atoms with Gasteiger partial charge >= 0.3 is 5.97 Å². The molecule has 0 spiro atoms. The van der Waals surface area contributed by atoms with Gasteiger partial charge in [0.05, 0.1) is 0 Å². The number of Topliss-reactive ketones (excluding diaryl/α,β-unsaturated/α-hetero) is 1. The smallest absolute Gasteiger partial charge is 0.310 e. The molecule has 0 aromatic heterocycles. The average Bonchev–Trinajstić information content (AvgIpc) is 2.02. The van der Waals surface area contributed by atoms with Crippen LogP contribution in [0.2, 0.25) is 0 Å². The lowest BCUT2D eigenvalue weighted by atomic mass is 10.2. The highest BCUT2D eigenvalue weighted by Gasteiger charge is 2.04. The molecule has 76 valence electrons. The molecule has 0 aliphatic carbocycles. The molecular formula is C11H14O3. The molecule has 0 aliphatic rings. The number of aliphatic carboxylic acids is 1. The van der Waals surface area contributed by atoms with Crippen molar-refractivity contribution in [3.05, 3.63) is 36.5 Å². The van der Waals surface area contributed by atoms with Crippen LogP contribution in [-0.2, 0) is 9.59 Å². The molecule has 0 rings (SSSR count). The Labute approximate surface area is 83.4 Å². The summed E-state index contributed by atoms with van der Waals surface area (Å²) in [7, 11) is 0. The maximum absolute atomic E-state index is 10.9. The van der Waals surface area contributed by atoms with Crippen LogP contribution in [0.15, 0.2) is 36.5 Å². The number of carbonyl (C=O) groups is 2. The van der Waals surface area contributed by atoms with Crippen LogP contribution in [0, 0.1) is 0 Å². The van der Waals surface area contributed by atoms with E-state index in [-0.39, 0.29) is 12.2 Å². The summed E-state index contributed by atoms with van der Waals surface area (Å²) in [6, 6.07) is 0. The maximum Gasteiger partial charge on any atom is 0.310 e. The van der Waals surface area contributed by atoms with Crippen LogP contribution in [0.25, 0.3) is 0 Å². The molecule has 0 heterocycles. The highest BCUT2D eigenvalue weighted by atomic mass is 16.4. The van der Waals surface area contributed by atoms with E-state index in [9.17, 15) is 9.59 Å². The standard InChI is InChI=1S/C11H14O3/c1-3-5-9(2)6-4-7-10(12)8-11(13)14/h3-6H,1,7-8H2,2H3,(H,13,14)/b6-4-,9-5-. The van der Waals surface area contributed by atoms with E-state index in [2.05, 4.69) is 6.58 Å². The van der Waals surface area contributed by atoms with Crippen molar-refractivity contribution >= 4 is 11.8 Å². The summed E-state index contributed by atoms with van der Waals surface area (Å²) in [5, 5.41) is 8.31. The third kappa shape index (κ3) is 7.03. The first-order valence-electron chi connectivity index (χ1n) is 4.25. The van der Waals surface area contributed by atoms with Gasteiger partial charge in [-0.2, -0.15) is 0 Å². The van der Waals surface area contributed by atoms with Gasteiger partial charge in [0.1, 0.15) is 12.2 Å². The van der Waals surface area contributed by atoms with Crippen molar-refractivity contribution in [3.8, 4) is 0 Å². The molecule has 0 bridgehead atoms. The number of hydrogen-bond donors (Lipinski definition) is 1. The molecule has 1 N–H and O–H groups in total. The molecule has 0 aromatic rings. The summed E-state index contributed by atoms with van der Waals surface area (Å²) < 4.78 is 0. The molecule has 14 heavy (non-hydrogen) atoms. The Morgan fingerprint density at radius 3 is 2.57 bits per heavy atom. The van der Waals surface area contributed by atoms with Crippen LogP contribution in [0.4, 0.5) is 0 Å². The van der Waals surface area contributed by atoms with Gasteiger partial charge in [-0.05, 0) is 6.92 Å². The van der Waals surface area contributed by atoms with Crippen molar-refractivity contribution in [3.63, 3.8) is 0 Å². The van der Waals surface area contributed by atoms with E-state index < -0.39 is 12.4 Å². The van der Waals surface area contributed by atoms with Gasteiger partial charge in [0.2, 0.25) is 0 Å². The summed E-state index contributed by atoms with van der Waals surface area (Å²) in [6.45, 7) is 5.40. The number of carboxylic acid groups (broad SMARTS) is 1. The van der Waals surface area contributed by atoms with E-state index in [4.69, 9.17) is 5.11 Å². The molecule has 0 unspecified atom stereocenters. The second kappa shape index (κ2) is 6.83. The first-order valence-corrected chi connectivity index (χ1v) is 4.25. The van der Waals surface area contributed by atoms with Gasteiger partial charge in [-0.3, -0.25) is 9.59 Å². The average molecular weight is 194 g/mol. The predicted octanol–water partition coefficient (Wildman–Crippen LogP) is 2.11. The molecule has 0 aliphatic heterocycles. The fraction of sp³-hybridized carbons (Fsp3) is 0.273. The quantitative estimate of drug-likeness (QED) is 0.520. The molecule has 0 radical (unpaired) electrons. The van der Waals surface area contributed by atoms with Gasteiger partial charge in [-0.25, -0.2) is 0 Å². The van der Waals surface area contributed by atoms with Gasteiger partial charge in [0, 0.05) is 6.42 Å². The normalized spacial score (nSPS) is 11.6. The Kier molecular flexibility index (Phi) is 6.03. The van der Waals surface area contributed by atoms with Crippen molar-refractivity contribution in [2.45, 2.75) is 19.8 Å². The van der Waals surface area contributed by atoms with E-state index in [1.165, 1.54) is 0 Å². The Bertz CT molecular complexity index is 285. The Morgan fingerprint density at radius 1 is 1.43 bits per heavy atom. The Hall–Kier alpha value is -1.64. The zero-order valence-corrected chi connectivity index (χ0v) is 8.19. The molecule has 3 heteroatoms. The molecule has 0 amide bonds. The summed E-state index contributed by atoms with van der Waals surface area (Å²) in [5.41, 5.74) is 0.975. The third-order valence-electron chi connectivity index (χ3n) is 1.46. The molecule has 0 saturated carbocycles. The van der Waals surface area contributed by atoms with E-state index in [0.29, 0.717) is 0 Å². The molecular weight excluding hydrogens is 180 g/mol. The number of ketones is 1. The Morgan fingerprint density at radius 2 is 2.07 bits per heavy atom. The maximum atomic E-state index is 10.9. The van der Waals surface area contributed by atoms with Gasteiger partial charge < -0.3 is 5.11 Å². The van der Waals surface area contributed by atoms with Crippen LogP contribution in [0.5, 0.6) is 0 Å². The van der Waals surface area contributed by atoms with Crippen LogP contribution < -0.4 is 0 Å². The van der Waals surface area contributed by atoms with Crippen LogP contribution >= 0.6 is 0 Å². The topological polar surface area (TPSA) is 54.4 Å².